The number of ether oxygens (including phenoxy) is 2. The van der Waals surface area contributed by atoms with E-state index in [2.05, 4.69) is 0 Å². The lowest BCUT2D eigenvalue weighted by Crippen LogP contribution is -2.54. The zero-order valence-corrected chi connectivity index (χ0v) is 15.2. The first-order valence-electron chi connectivity index (χ1n) is 8.66. The fraction of sp³-hybridized carbons (Fsp3) is 0.300. The van der Waals surface area contributed by atoms with Crippen molar-refractivity contribution in [3.8, 4) is 0 Å². The summed E-state index contributed by atoms with van der Waals surface area (Å²) in [5.74, 6) is -1.98. The highest BCUT2D eigenvalue weighted by molar-refractivity contribution is 5.81. The Kier molecular flexibility index (Phi) is 8.09. The molecule has 0 aliphatic rings. The summed E-state index contributed by atoms with van der Waals surface area (Å²) in [6.07, 6.45) is -6.74. The molecule has 4 atom stereocenters. The lowest BCUT2D eigenvalue weighted by molar-refractivity contribution is -0.167. The Bertz CT molecular complexity index is 690. The highest BCUT2D eigenvalue weighted by atomic mass is 16.5. The molecule has 8 heteroatoms. The van der Waals surface area contributed by atoms with Gasteiger partial charge in [-0.2, -0.15) is 0 Å². The number of nitrogens with two attached hydrogens (primary N) is 2. The maximum atomic E-state index is 11.7. The van der Waals surface area contributed by atoms with Gasteiger partial charge in [0.05, 0.1) is 13.2 Å². The van der Waals surface area contributed by atoms with E-state index in [1.165, 1.54) is 0 Å². The topological polar surface area (TPSA) is 145 Å². The first kappa shape index (κ1) is 21.5. The summed E-state index contributed by atoms with van der Waals surface area (Å²) >= 11 is 0. The molecule has 0 radical (unpaired) electrons. The summed E-state index contributed by atoms with van der Waals surface area (Å²) in [5.41, 5.74) is 12.1. The predicted molar refractivity (Wildman–Crippen MR) is 100 cm³/mol. The summed E-state index contributed by atoms with van der Waals surface area (Å²) in [4.78, 5) is 23.4. The van der Waals surface area contributed by atoms with Crippen molar-refractivity contribution in [3.05, 3.63) is 71.8 Å². The van der Waals surface area contributed by atoms with Crippen LogP contribution in [0.4, 0.5) is 0 Å². The zero-order chi connectivity index (χ0) is 20.5. The summed E-state index contributed by atoms with van der Waals surface area (Å²) in [5, 5.41) is 20.8. The summed E-state index contributed by atoms with van der Waals surface area (Å²) in [6, 6.07) is 17.8. The smallest absolute Gasteiger partial charge is 0.249 e. The van der Waals surface area contributed by atoms with Gasteiger partial charge < -0.3 is 31.2 Å². The van der Waals surface area contributed by atoms with E-state index in [0.29, 0.717) is 0 Å². The molecule has 0 heterocycles. The van der Waals surface area contributed by atoms with Crippen molar-refractivity contribution < 1.29 is 29.3 Å². The van der Waals surface area contributed by atoms with E-state index in [1.807, 2.05) is 12.1 Å². The van der Waals surface area contributed by atoms with Crippen LogP contribution >= 0.6 is 0 Å². The van der Waals surface area contributed by atoms with Crippen LogP contribution in [-0.2, 0) is 32.3 Å². The Morgan fingerprint density at radius 3 is 1.32 bits per heavy atom. The van der Waals surface area contributed by atoms with Gasteiger partial charge in [-0.1, -0.05) is 60.7 Å². The average Bonchev–Trinajstić information content (AvgIpc) is 2.69. The van der Waals surface area contributed by atoms with Crippen LogP contribution in [0.2, 0.25) is 0 Å². The molecule has 2 amide bonds. The molecule has 28 heavy (non-hydrogen) atoms. The molecule has 150 valence electrons. The average molecular weight is 388 g/mol. The van der Waals surface area contributed by atoms with Gasteiger partial charge in [0.2, 0.25) is 11.8 Å². The third-order valence-corrected chi connectivity index (χ3v) is 4.08. The molecule has 2 aromatic carbocycles. The first-order chi connectivity index (χ1) is 13.4. The molecule has 0 aliphatic heterocycles. The molecule has 8 nitrogen and oxygen atoms in total. The van der Waals surface area contributed by atoms with Gasteiger partial charge in [-0.05, 0) is 11.1 Å². The molecule has 2 rings (SSSR count). The minimum Gasteiger partial charge on any atom is -0.387 e. The number of rotatable bonds is 11. The number of aliphatic hydroxyl groups is 2. The van der Waals surface area contributed by atoms with Crippen molar-refractivity contribution in [1.82, 2.24) is 0 Å². The number of primary amides is 2. The number of aliphatic hydroxyl groups excluding tert-OH is 2. The Morgan fingerprint density at radius 1 is 0.714 bits per heavy atom. The van der Waals surface area contributed by atoms with Gasteiger partial charge >= 0.3 is 0 Å². The number of benzene rings is 2. The van der Waals surface area contributed by atoms with Gasteiger partial charge in [-0.3, -0.25) is 9.59 Å². The Morgan fingerprint density at radius 2 is 1.04 bits per heavy atom. The van der Waals surface area contributed by atoms with Gasteiger partial charge in [-0.15, -0.1) is 0 Å². The van der Waals surface area contributed by atoms with Crippen LogP contribution in [0, 0.1) is 0 Å². The predicted octanol–water partition coefficient (Wildman–Crippen LogP) is -0.150. The van der Waals surface area contributed by atoms with Crippen molar-refractivity contribution >= 4 is 11.8 Å². The lowest BCUT2D eigenvalue weighted by Gasteiger charge is -2.29. The van der Waals surface area contributed by atoms with Gasteiger partial charge in [-0.25, -0.2) is 0 Å². The van der Waals surface area contributed by atoms with Crippen molar-refractivity contribution in [2.45, 2.75) is 37.6 Å². The summed E-state index contributed by atoms with van der Waals surface area (Å²) < 4.78 is 10.7. The monoisotopic (exact) mass is 388 g/mol. The van der Waals surface area contributed by atoms with Gasteiger partial charge in [0.15, 0.2) is 12.2 Å². The fourth-order valence-corrected chi connectivity index (χ4v) is 2.58. The van der Waals surface area contributed by atoms with E-state index in [0.717, 1.165) is 11.1 Å². The van der Waals surface area contributed by atoms with Crippen molar-refractivity contribution in [2.24, 2.45) is 11.5 Å². The van der Waals surface area contributed by atoms with Crippen LogP contribution in [-0.4, -0.2) is 46.4 Å². The summed E-state index contributed by atoms with van der Waals surface area (Å²) in [6.45, 7) is -0.0469. The van der Waals surface area contributed by atoms with E-state index in [4.69, 9.17) is 20.9 Å². The van der Waals surface area contributed by atoms with E-state index in [-0.39, 0.29) is 13.2 Å². The third kappa shape index (κ3) is 6.14. The Labute approximate surface area is 162 Å². The molecule has 0 aromatic heterocycles. The maximum absolute atomic E-state index is 11.7. The minimum atomic E-state index is -1.81. The van der Waals surface area contributed by atoms with E-state index < -0.39 is 36.2 Å². The second-order valence-electron chi connectivity index (χ2n) is 6.22. The van der Waals surface area contributed by atoms with Gasteiger partial charge in [0, 0.05) is 0 Å². The van der Waals surface area contributed by atoms with Gasteiger partial charge in [0.1, 0.15) is 12.2 Å². The number of hydrogen-bond acceptors (Lipinski definition) is 6. The second kappa shape index (κ2) is 10.5. The number of amides is 2. The molecular weight excluding hydrogens is 364 g/mol. The van der Waals surface area contributed by atoms with Crippen molar-refractivity contribution in [1.29, 1.82) is 0 Å². The van der Waals surface area contributed by atoms with E-state index in [9.17, 15) is 19.8 Å². The number of hydrogen-bond donors (Lipinski definition) is 4. The Balaban J connectivity index is 2.03. The van der Waals surface area contributed by atoms with Gasteiger partial charge in [0.25, 0.3) is 0 Å². The molecule has 4 unspecified atom stereocenters. The highest BCUT2D eigenvalue weighted by Gasteiger charge is 2.39. The first-order valence-corrected chi connectivity index (χ1v) is 8.66. The normalized spacial score (nSPS) is 15.4. The zero-order valence-electron chi connectivity index (χ0n) is 15.2. The highest BCUT2D eigenvalue weighted by Crippen LogP contribution is 2.15. The SMILES string of the molecule is NC(=O)C(OCc1ccccc1)C(O)C(O)C(OCc1ccccc1)C(N)=O. The Hall–Kier alpha value is -2.78. The molecule has 0 saturated heterocycles. The van der Waals surface area contributed by atoms with E-state index >= 15 is 0 Å². The molecule has 0 aliphatic carbocycles. The van der Waals surface area contributed by atoms with Crippen LogP contribution in [0.15, 0.2) is 60.7 Å². The standard InChI is InChI=1S/C20H24N2O6/c21-19(25)17(27-11-13-7-3-1-4-8-13)15(23)16(24)18(20(22)26)28-12-14-9-5-2-6-10-14/h1-10,15-18,23-24H,11-12H2,(H2,21,25)(H2,22,26). The van der Waals surface area contributed by atoms with Crippen molar-refractivity contribution in [2.75, 3.05) is 0 Å². The largest absolute Gasteiger partial charge is 0.387 e. The van der Waals surface area contributed by atoms with Crippen LogP contribution in [0.5, 0.6) is 0 Å². The molecule has 0 fully saturated rings. The maximum Gasteiger partial charge on any atom is 0.249 e. The molecule has 0 saturated carbocycles. The molecule has 0 spiro atoms. The number of carbonyl (C=O) groups is 2. The van der Waals surface area contributed by atoms with Crippen LogP contribution in [0.25, 0.3) is 0 Å². The lowest BCUT2D eigenvalue weighted by atomic mass is 10.0. The number of carbonyl (C=O) groups excluding carboxylic acids is 2. The fourth-order valence-electron chi connectivity index (χ4n) is 2.58. The molecule has 6 N–H and O–H groups in total. The van der Waals surface area contributed by atoms with Crippen LogP contribution in [0.3, 0.4) is 0 Å². The molecule has 0 bridgehead atoms. The van der Waals surface area contributed by atoms with E-state index in [1.54, 1.807) is 48.5 Å². The van der Waals surface area contributed by atoms with Crippen LogP contribution < -0.4 is 11.5 Å². The van der Waals surface area contributed by atoms with Crippen molar-refractivity contribution in [3.63, 3.8) is 0 Å². The molecular formula is C20H24N2O6. The second-order valence-corrected chi connectivity index (χ2v) is 6.22. The quantitative estimate of drug-likeness (QED) is 0.421. The molecule has 2 aromatic rings. The summed E-state index contributed by atoms with van der Waals surface area (Å²) in [7, 11) is 0. The minimum absolute atomic E-state index is 0.0235. The van der Waals surface area contributed by atoms with Crippen LogP contribution in [0.1, 0.15) is 11.1 Å². The third-order valence-electron chi connectivity index (χ3n) is 4.08.